The summed E-state index contributed by atoms with van der Waals surface area (Å²) in [6.07, 6.45) is 0. The van der Waals surface area contributed by atoms with Gasteiger partial charge in [-0.05, 0) is 41.1 Å². The van der Waals surface area contributed by atoms with Crippen LogP contribution in [0.3, 0.4) is 0 Å². The molecule has 5 rings (SSSR count). The van der Waals surface area contributed by atoms with Crippen molar-refractivity contribution in [2.45, 2.75) is 0 Å². The van der Waals surface area contributed by atoms with E-state index in [1.807, 2.05) is 12.1 Å². The minimum absolute atomic E-state index is 0.784. The zero-order valence-electron chi connectivity index (χ0n) is 13.1. The second-order valence-corrected chi connectivity index (χ2v) is 6.13. The standard InChI is InChI=1S/C22H16N2/c23-16-11-12-19-21(14-16)24(17-7-2-1-3-8-17)20-13-10-15-6-4-5-9-18(15)22(19)20/h1-14H,23H2. The van der Waals surface area contributed by atoms with E-state index >= 15 is 0 Å². The molecule has 0 fully saturated rings. The Hall–Kier alpha value is -3.26. The monoisotopic (exact) mass is 308 g/mol. The van der Waals surface area contributed by atoms with E-state index in [0.29, 0.717) is 0 Å². The van der Waals surface area contributed by atoms with Gasteiger partial charge in [-0.1, -0.05) is 54.6 Å². The lowest BCUT2D eigenvalue weighted by Gasteiger charge is -2.08. The highest BCUT2D eigenvalue weighted by molar-refractivity contribution is 6.21. The molecular formula is C22H16N2. The molecule has 4 aromatic carbocycles. The Bertz CT molecular complexity index is 1200. The van der Waals surface area contributed by atoms with E-state index in [-0.39, 0.29) is 0 Å². The van der Waals surface area contributed by atoms with Crippen LogP contribution in [-0.4, -0.2) is 4.57 Å². The van der Waals surface area contributed by atoms with Crippen molar-refractivity contribution in [1.82, 2.24) is 4.57 Å². The number of aromatic nitrogens is 1. The molecular weight excluding hydrogens is 292 g/mol. The molecule has 2 nitrogen and oxygen atoms in total. The van der Waals surface area contributed by atoms with Crippen LogP contribution in [-0.2, 0) is 0 Å². The maximum atomic E-state index is 6.09. The third-order valence-corrected chi connectivity index (χ3v) is 4.69. The molecule has 1 aromatic heterocycles. The number of rotatable bonds is 1. The number of hydrogen-bond donors (Lipinski definition) is 1. The van der Waals surface area contributed by atoms with Crippen molar-refractivity contribution < 1.29 is 0 Å². The molecule has 0 aliphatic carbocycles. The van der Waals surface area contributed by atoms with Gasteiger partial charge in [0, 0.05) is 22.1 Å². The fourth-order valence-corrected chi connectivity index (χ4v) is 3.66. The van der Waals surface area contributed by atoms with Crippen LogP contribution in [0.25, 0.3) is 38.3 Å². The van der Waals surface area contributed by atoms with Gasteiger partial charge in [-0.25, -0.2) is 0 Å². The first kappa shape index (κ1) is 13.2. The Morgan fingerprint density at radius 2 is 1.42 bits per heavy atom. The Labute approximate surface area is 139 Å². The van der Waals surface area contributed by atoms with Crippen LogP contribution in [0.2, 0.25) is 0 Å². The fraction of sp³-hybridized carbons (Fsp3) is 0. The van der Waals surface area contributed by atoms with E-state index in [9.17, 15) is 0 Å². The van der Waals surface area contributed by atoms with E-state index in [0.717, 1.165) is 16.9 Å². The summed E-state index contributed by atoms with van der Waals surface area (Å²) < 4.78 is 2.30. The number of hydrogen-bond acceptors (Lipinski definition) is 1. The summed E-state index contributed by atoms with van der Waals surface area (Å²) in [5, 5.41) is 5.06. The molecule has 2 heteroatoms. The van der Waals surface area contributed by atoms with Crippen LogP contribution in [0.4, 0.5) is 5.69 Å². The van der Waals surface area contributed by atoms with Gasteiger partial charge in [0.05, 0.1) is 11.0 Å². The van der Waals surface area contributed by atoms with Crippen molar-refractivity contribution in [3.63, 3.8) is 0 Å². The van der Waals surface area contributed by atoms with Crippen LogP contribution in [0.15, 0.2) is 84.9 Å². The maximum Gasteiger partial charge on any atom is 0.0561 e. The van der Waals surface area contributed by atoms with Crippen LogP contribution < -0.4 is 5.73 Å². The van der Waals surface area contributed by atoms with Crippen molar-refractivity contribution >= 4 is 38.3 Å². The van der Waals surface area contributed by atoms with Gasteiger partial charge in [0.25, 0.3) is 0 Å². The van der Waals surface area contributed by atoms with E-state index in [2.05, 4.69) is 77.4 Å². The number of fused-ring (bicyclic) bond motifs is 5. The summed E-state index contributed by atoms with van der Waals surface area (Å²) in [5.74, 6) is 0. The average molecular weight is 308 g/mol. The Morgan fingerprint density at radius 1 is 0.625 bits per heavy atom. The molecule has 2 N–H and O–H groups in total. The molecule has 0 radical (unpaired) electrons. The SMILES string of the molecule is Nc1ccc2c3c4ccccc4ccc3n(-c3ccccc3)c2c1. The fourth-order valence-electron chi connectivity index (χ4n) is 3.66. The number of nitrogens with two attached hydrogens (primary N) is 1. The lowest BCUT2D eigenvalue weighted by atomic mass is 10.0. The van der Waals surface area contributed by atoms with Gasteiger partial charge in [0.1, 0.15) is 0 Å². The molecule has 0 aliphatic rings. The number of anilines is 1. The van der Waals surface area contributed by atoms with Gasteiger partial charge in [0.15, 0.2) is 0 Å². The lowest BCUT2D eigenvalue weighted by Crippen LogP contribution is -1.94. The molecule has 114 valence electrons. The third-order valence-electron chi connectivity index (χ3n) is 4.69. The first-order chi connectivity index (χ1) is 11.8. The molecule has 0 aliphatic heterocycles. The van der Waals surface area contributed by atoms with Gasteiger partial charge >= 0.3 is 0 Å². The van der Waals surface area contributed by atoms with E-state index in [1.165, 1.54) is 27.1 Å². The number of nitrogen functional groups attached to an aromatic ring is 1. The van der Waals surface area contributed by atoms with Crippen LogP contribution in [0.1, 0.15) is 0 Å². The van der Waals surface area contributed by atoms with Gasteiger partial charge in [-0.15, -0.1) is 0 Å². The van der Waals surface area contributed by atoms with Gasteiger partial charge in [0.2, 0.25) is 0 Å². The van der Waals surface area contributed by atoms with E-state index in [4.69, 9.17) is 5.73 Å². The second-order valence-electron chi connectivity index (χ2n) is 6.13. The van der Waals surface area contributed by atoms with Crippen LogP contribution in [0.5, 0.6) is 0 Å². The summed E-state index contributed by atoms with van der Waals surface area (Å²) in [6, 6.07) is 29.6. The minimum atomic E-state index is 0.784. The molecule has 0 bridgehead atoms. The first-order valence-electron chi connectivity index (χ1n) is 8.10. The second kappa shape index (κ2) is 4.87. The minimum Gasteiger partial charge on any atom is -0.399 e. The van der Waals surface area contributed by atoms with Gasteiger partial charge in [-0.3, -0.25) is 0 Å². The van der Waals surface area contributed by atoms with Crippen LogP contribution >= 0.6 is 0 Å². The van der Waals surface area contributed by atoms with Crippen molar-refractivity contribution in [3.05, 3.63) is 84.9 Å². The molecule has 0 amide bonds. The number of para-hydroxylation sites is 1. The molecule has 0 spiro atoms. The van der Waals surface area contributed by atoms with Crippen molar-refractivity contribution in [1.29, 1.82) is 0 Å². The summed E-state index contributed by atoms with van der Waals surface area (Å²) in [7, 11) is 0. The quantitative estimate of drug-likeness (QED) is 0.406. The highest BCUT2D eigenvalue weighted by Gasteiger charge is 2.14. The molecule has 5 aromatic rings. The largest absolute Gasteiger partial charge is 0.399 e. The van der Waals surface area contributed by atoms with Gasteiger partial charge < -0.3 is 10.3 Å². The maximum absolute atomic E-state index is 6.09. The topological polar surface area (TPSA) is 30.9 Å². The third kappa shape index (κ3) is 1.77. The molecule has 0 unspecified atom stereocenters. The molecule has 1 heterocycles. The zero-order valence-corrected chi connectivity index (χ0v) is 13.1. The number of benzene rings is 4. The van der Waals surface area contributed by atoms with Crippen molar-refractivity contribution in [2.24, 2.45) is 0 Å². The summed E-state index contributed by atoms with van der Waals surface area (Å²) in [5.41, 5.74) is 10.4. The van der Waals surface area contributed by atoms with E-state index in [1.54, 1.807) is 0 Å². The summed E-state index contributed by atoms with van der Waals surface area (Å²) >= 11 is 0. The molecule has 0 saturated heterocycles. The normalized spacial score (nSPS) is 11.5. The Morgan fingerprint density at radius 3 is 2.29 bits per heavy atom. The van der Waals surface area contributed by atoms with Gasteiger partial charge in [-0.2, -0.15) is 0 Å². The van der Waals surface area contributed by atoms with Crippen molar-refractivity contribution in [3.8, 4) is 5.69 Å². The smallest absolute Gasteiger partial charge is 0.0561 e. The summed E-state index contributed by atoms with van der Waals surface area (Å²) in [6.45, 7) is 0. The highest BCUT2D eigenvalue weighted by atomic mass is 15.0. The summed E-state index contributed by atoms with van der Waals surface area (Å²) in [4.78, 5) is 0. The first-order valence-corrected chi connectivity index (χ1v) is 8.10. The van der Waals surface area contributed by atoms with E-state index < -0.39 is 0 Å². The molecule has 24 heavy (non-hydrogen) atoms. The highest BCUT2D eigenvalue weighted by Crippen LogP contribution is 2.37. The Balaban J connectivity index is 2.07. The average Bonchev–Trinajstić information content (AvgIpc) is 2.96. The molecule has 0 saturated carbocycles. The predicted molar refractivity (Wildman–Crippen MR) is 103 cm³/mol. The van der Waals surface area contributed by atoms with Crippen molar-refractivity contribution in [2.75, 3.05) is 5.73 Å². The lowest BCUT2D eigenvalue weighted by molar-refractivity contribution is 1.18. The number of nitrogens with zero attached hydrogens (tertiary/aromatic N) is 1. The van der Waals surface area contributed by atoms with Crippen LogP contribution in [0, 0.1) is 0 Å². The molecule has 0 atom stereocenters. The Kier molecular flexibility index (Phi) is 2.68. The zero-order chi connectivity index (χ0) is 16.1. The predicted octanol–water partition coefficient (Wildman–Crippen LogP) is 5.52.